The Hall–Kier alpha value is -2.82. The number of rotatable bonds is 4. The molecule has 2 aromatic carbocycles. The minimum atomic E-state index is -4.96. The minimum absolute atomic E-state index is 0.0686. The molecule has 1 unspecified atom stereocenters. The van der Waals surface area contributed by atoms with Crippen molar-refractivity contribution in [1.82, 2.24) is 10.2 Å². The van der Waals surface area contributed by atoms with E-state index in [4.69, 9.17) is 4.74 Å². The van der Waals surface area contributed by atoms with Crippen LogP contribution in [0.25, 0.3) is 0 Å². The summed E-state index contributed by atoms with van der Waals surface area (Å²) in [6.45, 7) is 2.35. The normalized spacial score (nSPS) is 25.1. The van der Waals surface area contributed by atoms with Gasteiger partial charge in [-0.15, -0.1) is 0 Å². The Kier molecular flexibility index (Phi) is 7.47. The summed E-state index contributed by atoms with van der Waals surface area (Å²) in [5, 5.41) is 2.60. The average molecular weight is 532 g/mol. The number of urea groups is 1. The van der Waals surface area contributed by atoms with E-state index in [0.29, 0.717) is 38.1 Å². The molecule has 4 rings (SSSR count). The van der Waals surface area contributed by atoms with Crippen LogP contribution in [0.1, 0.15) is 54.0 Å². The van der Waals surface area contributed by atoms with Gasteiger partial charge in [0.2, 0.25) is 0 Å². The van der Waals surface area contributed by atoms with Gasteiger partial charge < -0.3 is 15.0 Å². The molecule has 1 aliphatic heterocycles. The maximum absolute atomic E-state index is 13.7. The van der Waals surface area contributed by atoms with Gasteiger partial charge in [-0.3, -0.25) is 0 Å². The third kappa shape index (κ3) is 5.86. The fraction of sp³-hybridized carbons (Fsp3) is 0.500. The lowest BCUT2D eigenvalue weighted by Gasteiger charge is -2.41. The van der Waals surface area contributed by atoms with Gasteiger partial charge in [0.15, 0.2) is 0 Å². The van der Waals surface area contributed by atoms with Crippen LogP contribution in [0.4, 0.5) is 35.5 Å². The topological polar surface area (TPSA) is 41.6 Å². The van der Waals surface area contributed by atoms with Crippen molar-refractivity contribution < 1.29 is 40.3 Å². The van der Waals surface area contributed by atoms with E-state index in [9.17, 15) is 35.5 Å². The maximum atomic E-state index is 13.7. The fourth-order valence-electron chi connectivity index (χ4n) is 5.62. The molecule has 37 heavy (non-hydrogen) atoms. The number of nitrogens with zero attached hydrogens (tertiary/aromatic N) is 1. The molecule has 1 saturated carbocycles. The summed E-state index contributed by atoms with van der Waals surface area (Å²) in [7, 11) is 1.53. The third-order valence-electron chi connectivity index (χ3n) is 7.39. The average Bonchev–Trinajstić information content (AvgIpc) is 3.27. The molecular weight excluding hydrogens is 505 g/mol. The van der Waals surface area contributed by atoms with Crippen molar-refractivity contribution in [1.29, 1.82) is 0 Å². The van der Waals surface area contributed by atoms with Crippen LogP contribution in [-0.4, -0.2) is 37.2 Å². The van der Waals surface area contributed by atoms with Gasteiger partial charge in [0.25, 0.3) is 0 Å². The molecule has 202 valence electrons. The molecule has 1 heterocycles. The van der Waals surface area contributed by atoms with Crippen LogP contribution in [0.15, 0.2) is 42.5 Å². The van der Waals surface area contributed by atoms with Gasteiger partial charge in [-0.1, -0.05) is 12.1 Å². The van der Waals surface area contributed by atoms with E-state index >= 15 is 0 Å². The summed E-state index contributed by atoms with van der Waals surface area (Å²) in [4.78, 5) is 13.9. The lowest BCUT2D eigenvalue weighted by atomic mass is 9.69. The van der Waals surface area contributed by atoms with E-state index < -0.39 is 41.5 Å². The Balaban J connectivity index is 1.66. The summed E-state index contributed by atoms with van der Waals surface area (Å²) in [5.74, 6) is -0.706. The van der Waals surface area contributed by atoms with Gasteiger partial charge in [-0.05, 0) is 73.1 Å². The quantitative estimate of drug-likeness (QED) is 0.442. The van der Waals surface area contributed by atoms with Gasteiger partial charge in [0.05, 0.1) is 23.3 Å². The molecule has 0 aromatic heterocycles. The first-order chi connectivity index (χ1) is 17.3. The maximum Gasteiger partial charge on any atom is 0.416 e. The second-order valence-electron chi connectivity index (χ2n) is 9.69. The number of carbonyl (C=O) groups excluding carboxylic acids is 1. The number of hydrogen-bond donors (Lipinski definition) is 1. The van der Waals surface area contributed by atoms with Gasteiger partial charge in [0.1, 0.15) is 5.82 Å². The molecule has 11 heteroatoms. The van der Waals surface area contributed by atoms with Crippen LogP contribution in [-0.2, 0) is 17.1 Å². The number of carbonyl (C=O) groups is 1. The number of nitrogens with one attached hydrogen (secondary N) is 1. The Labute approximate surface area is 209 Å². The van der Waals surface area contributed by atoms with Crippen LogP contribution >= 0.6 is 0 Å². The molecule has 2 aliphatic rings. The van der Waals surface area contributed by atoms with Crippen molar-refractivity contribution in [2.45, 2.75) is 50.2 Å². The largest absolute Gasteiger partial charge is 0.416 e. The summed E-state index contributed by atoms with van der Waals surface area (Å²) < 4.78 is 100. The number of hydrogen-bond acceptors (Lipinski definition) is 2. The molecule has 0 spiro atoms. The Morgan fingerprint density at radius 2 is 1.57 bits per heavy atom. The molecule has 0 radical (unpaired) electrons. The van der Waals surface area contributed by atoms with Crippen molar-refractivity contribution in [2.24, 2.45) is 11.8 Å². The number of fused-ring (bicyclic) bond motifs is 1. The molecular formula is C26H27F7N2O2. The monoisotopic (exact) mass is 532 g/mol. The van der Waals surface area contributed by atoms with Crippen molar-refractivity contribution in [3.05, 3.63) is 70.5 Å². The Morgan fingerprint density at radius 1 is 0.973 bits per heavy atom. The number of amides is 2. The number of likely N-dealkylation sites (tertiary alicyclic amines) is 1. The van der Waals surface area contributed by atoms with E-state index in [1.54, 1.807) is 17.0 Å². The number of benzene rings is 2. The van der Waals surface area contributed by atoms with Gasteiger partial charge in [-0.2, -0.15) is 26.3 Å². The van der Waals surface area contributed by atoms with E-state index in [1.165, 1.54) is 26.1 Å². The highest BCUT2D eigenvalue weighted by molar-refractivity contribution is 5.74. The van der Waals surface area contributed by atoms with Crippen LogP contribution in [0.3, 0.4) is 0 Å². The second-order valence-corrected chi connectivity index (χ2v) is 9.69. The highest BCUT2D eigenvalue weighted by atomic mass is 19.4. The molecule has 4 nitrogen and oxygen atoms in total. The molecule has 2 fully saturated rings. The lowest BCUT2D eigenvalue weighted by Crippen LogP contribution is -2.39. The summed E-state index contributed by atoms with van der Waals surface area (Å²) in [6, 6.07) is 7.04. The molecule has 5 atom stereocenters. The first-order valence-electron chi connectivity index (χ1n) is 11.9. The van der Waals surface area contributed by atoms with E-state index in [1.807, 2.05) is 0 Å². The molecule has 2 amide bonds. The Bertz CT molecular complexity index is 1090. The van der Waals surface area contributed by atoms with Crippen LogP contribution in [0.5, 0.6) is 0 Å². The van der Waals surface area contributed by atoms with Crippen molar-refractivity contribution in [3.63, 3.8) is 0 Å². The zero-order chi connectivity index (χ0) is 27.1. The third-order valence-corrected chi connectivity index (χ3v) is 7.39. The van der Waals surface area contributed by atoms with Crippen LogP contribution < -0.4 is 5.32 Å². The SMILES string of the molecule is CNC(=O)N1CC2CC[C@H](O[C@H](C)c3cc(C(F)(F)F)cc(C(F)(F)F)c3)[C@@H](c3ccc(F)cc3)[C@@H]2C1. The smallest absolute Gasteiger partial charge is 0.370 e. The minimum Gasteiger partial charge on any atom is -0.370 e. The number of ether oxygens (including phenoxy) is 1. The van der Waals surface area contributed by atoms with Gasteiger partial charge in [0, 0.05) is 26.1 Å². The zero-order valence-electron chi connectivity index (χ0n) is 20.2. The van der Waals surface area contributed by atoms with E-state index in [0.717, 1.165) is 5.56 Å². The van der Waals surface area contributed by atoms with Gasteiger partial charge >= 0.3 is 18.4 Å². The van der Waals surface area contributed by atoms with Gasteiger partial charge in [-0.25, -0.2) is 9.18 Å². The van der Waals surface area contributed by atoms with Crippen molar-refractivity contribution >= 4 is 6.03 Å². The predicted octanol–water partition coefficient (Wildman–Crippen LogP) is 6.77. The molecule has 2 aromatic rings. The molecule has 1 aliphatic carbocycles. The van der Waals surface area contributed by atoms with E-state index in [-0.39, 0.29) is 35.4 Å². The van der Waals surface area contributed by atoms with E-state index in [2.05, 4.69) is 5.32 Å². The highest BCUT2D eigenvalue weighted by Crippen LogP contribution is 2.48. The zero-order valence-corrected chi connectivity index (χ0v) is 20.2. The molecule has 1 saturated heterocycles. The fourth-order valence-corrected chi connectivity index (χ4v) is 5.62. The number of alkyl halides is 6. The first kappa shape index (κ1) is 27.2. The van der Waals surface area contributed by atoms with Crippen molar-refractivity contribution in [3.8, 4) is 0 Å². The molecule has 0 bridgehead atoms. The second kappa shape index (κ2) is 10.2. The summed E-state index contributed by atoms with van der Waals surface area (Å²) >= 11 is 0. The lowest BCUT2D eigenvalue weighted by molar-refractivity contribution is -0.143. The number of halogens is 7. The summed E-state index contributed by atoms with van der Waals surface area (Å²) in [5.41, 5.74) is -2.29. The van der Waals surface area contributed by atoms with Crippen molar-refractivity contribution in [2.75, 3.05) is 20.1 Å². The highest BCUT2D eigenvalue weighted by Gasteiger charge is 2.47. The first-order valence-corrected chi connectivity index (χ1v) is 11.9. The Morgan fingerprint density at radius 3 is 2.11 bits per heavy atom. The standard InChI is InChI=1S/C26H27F7N2O2/c1-14(17-9-18(25(28,29)30)11-19(10-17)26(31,32)33)37-22-8-5-16-12-35(24(36)34-2)13-21(16)23(22)15-3-6-20(27)7-4-15/h3-4,6-7,9-11,14,16,21-23H,5,8,12-13H2,1-2H3,(H,34,36)/t14-,16?,21-,22+,23+/m1/s1. The van der Waals surface area contributed by atoms with Crippen LogP contribution in [0.2, 0.25) is 0 Å². The van der Waals surface area contributed by atoms with Crippen LogP contribution in [0, 0.1) is 17.7 Å². The summed E-state index contributed by atoms with van der Waals surface area (Å²) in [6.07, 6.45) is -10.4. The predicted molar refractivity (Wildman–Crippen MR) is 121 cm³/mol. The molecule has 1 N–H and O–H groups in total.